The molecule has 0 spiro atoms. The molecule has 0 aliphatic heterocycles. The number of benzene rings is 2. The molecular weight excluding hydrogens is 436 g/mol. The predicted octanol–water partition coefficient (Wildman–Crippen LogP) is 4.33. The lowest BCUT2D eigenvalue weighted by atomic mass is 10.1. The first-order valence-corrected chi connectivity index (χ1v) is 9.79. The molecule has 0 saturated carbocycles. The number of esters is 1. The number of methoxy groups -OCH3 is 1. The highest BCUT2D eigenvalue weighted by molar-refractivity contribution is 7.11. The van der Waals surface area contributed by atoms with Gasteiger partial charge >= 0.3 is 12.1 Å². The average Bonchev–Trinajstić information content (AvgIpc) is 2.73. The van der Waals surface area contributed by atoms with Crippen molar-refractivity contribution in [3.63, 3.8) is 0 Å². The van der Waals surface area contributed by atoms with Crippen LogP contribution in [0.3, 0.4) is 0 Å². The number of aryl methyl sites for hydroxylation is 1. The number of carbonyl (C=O) groups excluding carboxylic acids is 1. The van der Waals surface area contributed by atoms with Gasteiger partial charge in [-0.2, -0.15) is 13.2 Å². The molecule has 31 heavy (non-hydrogen) atoms. The fraction of sp³-hybridized carbons (Fsp3) is 0.190. The Hall–Kier alpha value is -3.27. The van der Waals surface area contributed by atoms with Crippen LogP contribution >= 0.6 is 11.3 Å². The quantitative estimate of drug-likeness (QED) is 0.428. The summed E-state index contributed by atoms with van der Waals surface area (Å²) >= 11 is 0.822. The molecule has 0 aliphatic carbocycles. The van der Waals surface area contributed by atoms with Crippen molar-refractivity contribution in [2.24, 2.45) is 4.99 Å². The molecular formula is C21H16F4N2O3S. The Morgan fingerprint density at radius 3 is 2.48 bits per heavy atom. The Balaban J connectivity index is 2.08. The van der Waals surface area contributed by atoms with Gasteiger partial charge in [-0.25, -0.2) is 14.2 Å². The van der Waals surface area contributed by atoms with Gasteiger partial charge in [0.05, 0.1) is 18.4 Å². The van der Waals surface area contributed by atoms with Gasteiger partial charge in [0, 0.05) is 12.6 Å². The molecule has 0 aliphatic rings. The number of hydrogen-bond donors (Lipinski definition) is 0. The summed E-state index contributed by atoms with van der Waals surface area (Å²) in [5.74, 6) is -1.15. The first-order valence-electron chi connectivity index (χ1n) is 8.97. The number of alkyl halides is 3. The van der Waals surface area contributed by atoms with Crippen molar-refractivity contribution in [3.8, 4) is 0 Å². The van der Waals surface area contributed by atoms with E-state index >= 15 is 0 Å². The number of ether oxygens (including phenoxy) is 1. The summed E-state index contributed by atoms with van der Waals surface area (Å²) in [7, 11) is 1.15. The molecule has 0 N–H and O–H groups in total. The molecule has 10 heteroatoms. The minimum Gasteiger partial charge on any atom is -0.465 e. The molecule has 0 atom stereocenters. The van der Waals surface area contributed by atoms with Crippen LogP contribution in [0.2, 0.25) is 0 Å². The molecule has 5 nitrogen and oxygen atoms in total. The molecule has 3 aromatic rings. The number of aromatic nitrogens is 1. The minimum absolute atomic E-state index is 0.0250. The van der Waals surface area contributed by atoms with E-state index in [1.165, 1.54) is 28.8 Å². The second kappa shape index (κ2) is 9.25. The maximum absolute atomic E-state index is 13.1. The standard InChI is InChI=1S/C21H16F4N2O3S/c1-30-19(29)17-12-18(28)27(10-9-13-5-7-15(22)8-6-13)20(31-17)26-16-4-2-3-14(11-16)21(23,24)25/h2-8,11-12H,9-10H2,1H3. The maximum atomic E-state index is 13.1. The lowest BCUT2D eigenvalue weighted by Crippen LogP contribution is -2.33. The van der Waals surface area contributed by atoms with Gasteiger partial charge in [0.1, 0.15) is 10.7 Å². The number of halogens is 4. The van der Waals surface area contributed by atoms with Gasteiger partial charge in [-0.1, -0.05) is 29.5 Å². The molecule has 0 saturated heterocycles. The van der Waals surface area contributed by atoms with Crippen LogP contribution in [0, 0.1) is 5.82 Å². The molecule has 1 aromatic heterocycles. The molecule has 0 unspecified atom stereocenters. The molecule has 162 valence electrons. The summed E-state index contributed by atoms with van der Waals surface area (Å²) in [6.07, 6.45) is -4.21. The normalized spacial score (nSPS) is 12.1. The zero-order valence-corrected chi connectivity index (χ0v) is 17.0. The lowest BCUT2D eigenvalue weighted by Gasteiger charge is -2.09. The van der Waals surface area contributed by atoms with E-state index < -0.39 is 29.1 Å². The largest absolute Gasteiger partial charge is 0.465 e. The van der Waals surface area contributed by atoms with Crippen molar-refractivity contribution in [3.05, 3.63) is 91.6 Å². The van der Waals surface area contributed by atoms with E-state index in [2.05, 4.69) is 9.73 Å². The summed E-state index contributed by atoms with van der Waals surface area (Å²) in [5.41, 5.74) is -0.724. The van der Waals surface area contributed by atoms with Gasteiger partial charge in [-0.3, -0.25) is 9.36 Å². The Labute approximate surface area is 177 Å². The number of nitrogens with zero attached hydrogens (tertiary/aromatic N) is 2. The summed E-state index contributed by atoms with van der Waals surface area (Å²) in [6, 6.07) is 11.1. The third-order valence-corrected chi connectivity index (χ3v) is 5.27. The van der Waals surface area contributed by atoms with Gasteiger partial charge in [-0.15, -0.1) is 0 Å². The maximum Gasteiger partial charge on any atom is 0.416 e. The van der Waals surface area contributed by atoms with Gasteiger partial charge in [0.25, 0.3) is 5.56 Å². The van der Waals surface area contributed by atoms with Crippen molar-refractivity contribution in [2.75, 3.05) is 7.11 Å². The number of rotatable bonds is 5. The van der Waals surface area contributed by atoms with Crippen LogP contribution in [-0.2, 0) is 23.9 Å². The number of carbonyl (C=O) groups is 1. The van der Waals surface area contributed by atoms with Crippen molar-refractivity contribution < 1.29 is 27.1 Å². The highest BCUT2D eigenvalue weighted by Crippen LogP contribution is 2.31. The zero-order valence-electron chi connectivity index (χ0n) is 16.1. The van der Waals surface area contributed by atoms with E-state index in [1.54, 1.807) is 12.1 Å². The second-order valence-corrected chi connectivity index (χ2v) is 7.42. The van der Waals surface area contributed by atoms with Crippen LogP contribution in [0.15, 0.2) is 64.4 Å². The molecule has 0 amide bonds. The topological polar surface area (TPSA) is 60.7 Å². The van der Waals surface area contributed by atoms with Crippen LogP contribution in [0.4, 0.5) is 23.2 Å². The Bertz CT molecular complexity index is 1210. The number of hydrogen-bond acceptors (Lipinski definition) is 5. The van der Waals surface area contributed by atoms with Crippen molar-refractivity contribution >= 4 is 23.0 Å². The molecule has 0 radical (unpaired) electrons. The molecule has 0 bridgehead atoms. The summed E-state index contributed by atoms with van der Waals surface area (Å²) in [5, 5.41) is 0. The van der Waals surface area contributed by atoms with Crippen LogP contribution < -0.4 is 10.4 Å². The summed E-state index contributed by atoms with van der Waals surface area (Å²) < 4.78 is 58.0. The van der Waals surface area contributed by atoms with Crippen LogP contribution in [0.25, 0.3) is 0 Å². The van der Waals surface area contributed by atoms with E-state index in [4.69, 9.17) is 0 Å². The van der Waals surface area contributed by atoms with Crippen LogP contribution in [0.1, 0.15) is 20.8 Å². The third kappa shape index (κ3) is 5.66. The highest BCUT2D eigenvalue weighted by Gasteiger charge is 2.30. The van der Waals surface area contributed by atoms with Gasteiger partial charge in [0.15, 0.2) is 4.80 Å². The van der Waals surface area contributed by atoms with Crippen LogP contribution in [0.5, 0.6) is 0 Å². The van der Waals surface area contributed by atoms with Crippen molar-refractivity contribution in [1.82, 2.24) is 4.57 Å². The summed E-state index contributed by atoms with van der Waals surface area (Å²) in [6.45, 7) is 0.125. The second-order valence-electron chi connectivity index (χ2n) is 6.41. The fourth-order valence-corrected chi connectivity index (χ4v) is 3.68. The minimum atomic E-state index is -4.55. The third-order valence-electron chi connectivity index (χ3n) is 4.27. The SMILES string of the molecule is COC(=O)c1cc(=O)n(CCc2ccc(F)cc2)c(=Nc2cccc(C(F)(F)F)c2)s1. The zero-order chi connectivity index (χ0) is 22.6. The molecule has 0 fully saturated rings. The Kier molecular flexibility index (Phi) is 6.69. The van der Waals surface area contributed by atoms with E-state index in [9.17, 15) is 27.2 Å². The van der Waals surface area contributed by atoms with E-state index in [0.717, 1.165) is 42.2 Å². The average molecular weight is 452 g/mol. The van der Waals surface area contributed by atoms with Gasteiger partial charge in [0.2, 0.25) is 0 Å². The van der Waals surface area contributed by atoms with Crippen LogP contribution in [-0.4, -0.2) is 17.6 Å². The molecule has 3 rings (SSSR count). The first-order chi connectivity index (χ1) is 14.7. The Morgan fingerprint density at radius 2 is 1.84 bits per heavy atom. The van der Waals surface area contributed by atoms with E-state index in [0.29, 0.717) is 6.42 Å². The fourth-order valence-electron chi connectivity index (χ4n) is 2.71. The van der Waals surface area contributed by atoms with Gasteiger partial charge in [-0.05, 0) is 42.3 Å². The summed E-state index contributed by atoms with van der Waals surface area (Å²) in [4.78, 5) is 28.7. The molecule has 2 aromatic carbocycles. The lowest BCUT2D eigenvalue weighted by molar-refractivity contribution is -0.137. The van der Waals surface area contributed by atoms with Gasteiger partial charge < -0.3 is 4.74 Å². The first kappa shape index (κ1) is 22.4. The Morgan fingerprint density at radius 1 is 1.13 bits per heavy atom. The van der Waals surface area contributed by atoms with Crippen molar-refractivity contribution in [2.45, 2.75) is 19.1 Å². The highest BCUT2D eigenvalue weighted by atomic mass is 32.1. The van der Waals surface area contributed by atoms with Crippen molar-refractivity contribution in [1.29, 1.82) is 0 Å². The molecule has 1 heterocycles. The monoisotopic (exact) mass is 452 g/mol. The van der Waals surface area contributed by atoms with E-state index in [-0.39, 0.29) is 21.9 Å². The smallest absolute Gasteiger partial charge is 0.416 e. The van der Waals surface area contributed by atoms with E-state index in [1.807, 2.05) is 0 Å². The predicted molar refractivity (Wildman–Crippen MR) is 107 cm³/mol.